The van der Waals surface area contributed by atoms with Gasteiger partial charge in [0.25, 0.3) is 0 Å². The number of nitrogens with zero attached hydrogens (tertiary/aromatic N) is 1. The lowest BCUT2D eigenvalue weighted by Gasteiger charge is -2.07. The molecule has 19 heavy (non-hydrogen) atoms. The Morgan fingerprint density at radius 1 is 1.42 bits per heavy atom. The molecule has 0 radical (unpaired) electrons. The molecule has 1 atom stereocenters. The molecule has 0 fully saturated rings. The summed E-state index contributed by atoms with van der Waals surface area (Å²) in [6.07, 6.45) is 0. The lowest BCUT2D eigenvalue weighted by atomic mass is 10.2. The summed E-state index contributed by atoms with van der Waals surface area (Å²) in [6.45, 7) is 1.60. The summed E-state index contributed by atoms with van der Waals surface area (Å²) in [5.74, 6) is -0.299. The summed E-state index contributed by atoms with van der Waals surface area (Å²) in [4.78, 5) is 4.35. The van der Waals surface area contributed by atoms with E-state index in [9.17, 15) is 8.42 Å². The van der Waals surface area contributed by atoms with Gasteiger partial charge in [0.1, 0.15) is 5.01 Å². The molecule has 0 aliphatic rings. The molecule has 7 heteroatoms. The molecular formula is C12H15NO3S3. The Bertz CT molecular complexity index is 616. The number of hydrogen-bond acceptors (Lipinski definition) is 6. The van der Waals surface area contributed by atoms with Crippen molar-refractivity contribution in [2.45, 2.75) is 12.7 Å². The number of aromatic nitrogens is 1. The summed E-state index contributed by atoms with van der Waals surface area (Å²) in [5.41, 5.74) is 1.61. The van der Waals surface area contributed by atoms with E-state index in [1.54, 1.807) is 23.6 Å². The summed E-state index contributed by atoms with van der Waals surface area (Å²) in [6, 6.07) is 1.97. The minimum Gasteiger partial charge on any atom is -0.396 e. The van der Waals surface area contributed by atoms with E-state index in [1.807, 2.05) is 16.8 Å². The molecular weight excluding hydrogens is 302 g/mol. The summed E-state index contributed by atoms with van der Waals surface area (Å²) >= 11 is 3.04. The van der Waals surface area contributed by atoms with Gasteiger partial charge in [-0.3, -0.25) is 0 Å². The van der Waals surface area contributed by atoms with Crippen LogP contribution in [0, 0.1) is 5.92 Å². The number of aliphatic hydroxyl groups is 1. The second-order valence-corrected chi connectivity index (χ2v) is 8.25. The lowest BCUT2D eigenvalue weighted by molar-refractivity contribution is 0.249. The number of thiazole rings is 1. The van der Waals surface area contributed by atoms with Crippen molar-refractivity contribution >= 4 is 32.5 Å². The maximum atomic E-state index is 11.9. The third-order valence-corrected chi connectivity index (χ3v) is 5.97. The number of sulfone groups is 1. The zero-order chi connectivity index (χ0) is 13.9. The second-order valence-electron chi connectivity index (χ2n) is 4.50. The Morgan fingerprint density at radius 2 is 2.21 bits per heavy atom. The minimum atomic E-state index is -3.21. The molecule has 1 N–H and O–H groups in total. The van der Waals surface area contributed by atoms with Gasteiger partial charge in [0, 0.05) is 22.9 Å². The maximum absolute atomic E-state index is 11.9. The van der Waals surface area contributed by atoms with Gasteiger partial charge in [-0.15, -0.1) is 11.3 Å². The van der Waals surface area contributed by atoms with Crippen LogP contribution in [0.4, 0.5) is 0 Å². The van der Waals surface area contributed by atoms with Gasteiger partial charge in [0.15, 0.2) is 9.84 Å². The standard InChI is InChI=1S/C12H15NO3S3/c1-9(4-14)7-19(15,16)8-11-6-18-12(13-11)10-2-3-17-5-10/h2-3,5-6,9,14H,4,7-8H2,1H3. The Balaban J connectivity index is 2.08. The fourth-order valence-corrected chi connectivity index (χ4v) is 4.99. The van der Waals surface area contributed by atoms with Crippen molar-refractivity contribution < 1.29 is 13.5 Å². The molecule has 4 nitrogen and oxygen atoms in total. The van der Waals surface area contributed by atoms with Crippen LogP contribution in [0.5, 0.6) is 0 Å². The highest BCUT2D eigenvalue weighted by Gasteiger charge is 2.18. The first-order valence-corrected chi connectivity index (χ1v) is 9.43. The first-order chi connectivity index (χ1) is 9.00. The molecule has 0 bridgehead atoms. The van der Waals surface area contributed by atoms with E-state index in [0.717, 1.165) is 10.6 Å². The molecule has 0 aliphatic heterocycles. The molecule has 104 valence electrons. The average molecular weight is 317 g/mol. The Kier molecular flexibility index (Phi) is 4.72. The SMILES string of the molecule is CC(CO)CS(=O)(=O)Cc1csc(-c2ccsc2)n1. The van der Waals surface area contributed by atoms with E-state index >= 15 is 0 Å². The molecule has 0 amide bonds. The van der Waals surface area contributed by atoms with Gasteiger partial charge in [-0.05, 0) is 17.4 Å². The van der Waals surface area contributed by atoms with E-state index < -0.39 is 9.84 Å². The zero-order valence-electron chi connectivity index (χ0n) is 10.4. The zero-order valence-corrected chi connectivity index (χ0v) is 12.9. The highest BCUT2D eigenvalue weighted by atomic mass is 32.2. The average Bonchev–Trinajstić information content (AvgIpc) is 2.97. The van der Waals surface area contributed by atoms with E-state index in [1.165, 1.54) is 11.3 Å². The summed E-state index contributed by atoms with van der Waals surface area (Å²) in [5, 5.41) is 15.5. The molecule has 0 saturated carbocycles. The smallest absolute Gasteiger partial charge is 0.156 e. The largest absolute Gasteiger partial charge is 0.396 e. The molecule has 2 aromatic heterocycles. The van der Waals surface area contributed by atoms with Crippen molar-refractivity contribution in [3.8, 4) is 10.6 Å². The lowest BCUT2D eigenvalue weighted by Crippen LogP contribution is -2.18. The Labute approximate surface area is 120 Å². The van der Waals surface area contributed by atoms with E-state index in [0.29, 0.717) is 5.69 Å². The minimum absolute atomic E-state index is 0.00515. The first kappa shape index (κ1) is 14.6. The van der Waals surface area contributed by atoms with Crippen molar-refractivity contribution in [3.63, 3.8) is 0 Å². The van der Waals surface area contributed by atoms with Gasteiger partial charge >= 0.3 is 0 Å². The van der Waals surface area contributed by atoms with Crippen molar-refractivity contribution in [3.05, 3.63) is 27.9 Å². The maximum Gasteiger partial charge on any atom is 0.156 e. The predicted octanol–water partition coefficient (Wildman–Crippen LogP) is 2.41. The Hall–Kier alpha value is -0.760. The Morgan fingerprint density at radius 3 is 2.84 bits per heavy atom. The van der Waals surface area contributed by atoms with Crippen molar-refractivity contribution in [2.75, 3.05) is 12.4 Å². The second kappa shape index (κ2) is 6.13. The van der Waals surface area contributed by atoms with Gasteiger partial charge in [0.05, 0.1) is 17.2 Å². The molecule has 0 spiro atoms. The van der Waals surface area contributed by atoms with Crippen LogP contribution in [-0.4, -0.2) is 30.9 Å². The molecule has 2 rings (SSSR count). The number of rotatable bonds is 6. The first-order valence-electron chi connectivity index (χ1n) is 5.78. The summed E-state index contributed by atoms with van der Waals surface area (Å²) in [7, 11) is -3.21. The fourth-order valence-electron chi connectivity index (χ4n) is 1.66. The van der Waals surface area contributed by atoms with Gasteiger partial charge in [-0.1, -0.05) is 6.92 Å². The van der Waals surface area contributed by atoms with E-state index in [4.69, 9.17) is 5.11 Å². The van der Waals surface area contributed by atoms with Crippen LogP contribution in [-0.2, 0) is 15.6 Å². The highest BCUT2D eigenvalue weighted by molar-refractivity contribution is 7.90. The number of thiophene rings is 1. The van der Waals surface area contributed by atoms with Crippen molar-refractivity contribution in [1.82, 2.24) is 4.98 Å². The topological polar surface area (TPSA) is 67.3 Å². The molecule has 0 aromatic carbocycles. The van der Waals surface area contributed by atoms with Crippen LogP contribution in [0.1, 0.15) is 12.6 Å². The van der Waals surface area contributed by atoms with Crippen LogP contribution in [0.3, 0.4) is 0 Å². The molecule has 2 aromatic rings. The van der Waals surface area contributed by atoms with Gasteiger partial charge in [-0.2, -0.15) is 11.3 Å². The molecule has 2 heterocycles. The van der Waals surface area contributed by atoms with Gasteiger partial charge in [0.2, 0.25) is 0 Å². The molecule has 0 saturated heterocycles. The number of hydrogen-bond donors (Lipinski definition) is 1. The monoisotopic (exact) mass is 317 g/mol. The van der Waals surface area contributed by atoms with Gasteiger partial charge in [-0.25, -0.2) is 13.4 Å². The molecule has 0 aliphatic carbocycles. The summed E-state index contributed by atoms with van der Waals surface area (Å²) < 4.78 is 23.8. The van der Waals surface area contributed by atoms with Crippen LogP contribution >= 0.6 is 22.7 Å². The third-order valence-electron chi connectivity index (χ3n) is 2.54. The van der Waals surface area contributed by atoms with Gasteiger partial charge < -0.3 is 5.11 Å². The highest BCUT2D eigenvalue weighted by Crippen LogP contribution is 2.26. The van der Waals surface area contributed by atoms with Crippen molar-refractivity contribution in [2.24, 2.45) is 5.92 Å². The quantitative estimate of drug-likeness (QED) is 0.888. The number of aliphatic hydroxyl groups excluding tert-OH is 1. The molecule has 1 unspecified atom stereocenters. The third kappa shape index (κ3) is 4.10. The van der Waals surface area contributed by atoms with Crippen LogP contribution < -0.4 is 0 Å². The normalized spacial score (nSPS) is 13.6. The van der Waals surface area contributed by atoms with Crippen LogP contribution in [0.2, 0.25) is 0 Å². The van der Waals surface area contributed by atoms with Crippen molar-refractivity contribution in [1.29, 1.82) is 0 Å². The van der Waals surface area contributed by atoms with Crippen LogP contribution in [0.25, 0.3) is 10.6 Å². The van der Waals surface area contributed by atoms with E-state index in [-0.39, 0.29) is 24.0 Å². The predicted molar refractivity (Wildman–Crippen MR) is 79.2 cm³/mol. The fraction of sp³-hybridized carbons (Fsp3) is 0.417. The van der Waals surface area contributed by atoms with E-state index in [2.05, 4.69) is 4.98 Å². The van der Waals surface area contributed by atoms with Crippen LogP contribution in [0.15, 0.2) is 22.2 Å².